The minimum atomic E-state index is -0.256. The SMILES string of the molecule is CC1NNC(C(=O)NCc2ccccn2)C1Br. The summed E-state index contributed by atoms with van der Waals surface area (Å²) >= 11 is 3.50. The summed E-state index contributed by atoms with van der Waals surface area (Å²) in [5.74, 6) is -0.0330. The summed E-state index contributed by atoms with van der Waals surface area (Å²) in [6.07, 6.45) is 1.71. The fourth-order valence-corrected chi connectivity index (χ4v) is 2.17. The first kappa shape index (κ1) is 12.5. The van der Waals surface area contributed by atoms with Crippen molar-refractivity contribution in [2.24, 2.45) is 0 Å². The van der Waals surface area contributed by atoms with Crippen molar-refractivity contribution in [1.82, 2.24) is 21.2 Å². The third kappa shape index (κ3) is 3.02. The fraction of sp³-hybridized carbons (Fsp3) is 0.455. The maximum atomic E-state index is 11.9. The molecule has 1 amide bonds. The van der Waals surface area contributed by atoms with Gasteiger partial charge in [0.2, 0.25) is 5.91 Å². The number of halogens is 1. The molecule has 1 saturated heterocycles. The Morgan fingerprint density at radius 2 is 2.35 bits per heavy atom. The quantitative estimate of drug-likeness (QED) is 0.704. The standard InChI is InChI=1S/C11H15BrN4O/c1-7-9(12)10(16-15-7)11(17)14-6-8-4-2-3-5-13-8/h2-5,7,9-10,15-16H,6H2,1H3,(H,14,17). The van der Waals surface area contributed by atoms with Crippen molar-refractivity contribution in [2.45, 2.75) is 30.4 Å². The molecule has 1 aliphatic rings. The molecule has 6 heteroatoms. The third-order valence-electron chi connectivity index (χ3n) is 2.71. The minimum absolute atomic E-state index is 0.0330. The molecule has 3 unspecified atom stereocenters. The second-order valence-electron chi connectivity index (χ2n) is 4.04. The second kappa shape index (κ2) is 5.57. The van der Waals surface area contributed by atoms with Gasteiger partial charge >= 0.3 is 0 Å². The van der Waals surface area contributed by atoms with Crippen LogP contribution in [0.2, 0.25) is 0 Å². The van der Waals surface area contributed by atoms with Gasteiger partial charge in [0, 0.05) is 12.2 Å². The summed E-state index contributed by atoms with van der Waals surface area (Å²) in [6, 6.07) is 5.60. The lowest BCUT2D eigenvalue weighted by Crippen LogP contribution is -2.45. The van der Waals surface area contributed by atoms with Crippen LogP contribution in [-0.4, -0.2) is 27.8 Å². The van der Waals surface area contributed by atoms with Crippen molar-refractivity contribution < 1.29 is 4.79 Å². The van der Waals surface area contributed by atoms with Gasteiger partial charge in [0.05, 0.1) is 17.1 Å². The molecule has 1 aromatic heterocycles. The largest absolute Gasteiger partial charge is 0.349 e. The Morgan fingerprint density at radius 1 is 1.53 bits per heavy atom. The molecule has 1 aromatic rings. The highest BCUT2D eigenvalue weighted by molar-refractivity contribution is 9.09. The maximum absolute atomic E-state index is 11.9. The Balaban J connectivity index is 1.86. The molecular formula is C11H15BrN4O. The van der Waals surface area contributed by atoms with Gasteiger partial charge in [0.15, 0.2) is 0 Å². The number of pyridine rings is 1. The molecule has 17 heavy (non-hydrogen) atoms. The summed E-state index contributed by atoms with van der Waals surface area (Å²) in [5, 5.41) is 2.86. The Morgan fingerprint density at radius 3 is 2.94 bits per heavy atom. The normalized spacial score (nSPS) is 28.0. The number of hydrazine groups is 1. The van der Waals surface area contributed by atoms with Crippen LogP contribution in [0.1, 0.15) is 12.6 Å². The zero-order valence-electron chi connectivity index (χ0n) is 9.48. The van der Waals surface area contributed by atoms with Gasteiger partial charge in [-0.25, -0.2) is 5.43 Å². The molecule has 0 bridgehead atoms. The Kier molecular flexibility index (Phi) is 4.09. The van der Waals surface area contributed by atoms with Crippen LogP contribution < -0.4 is 16.2 Å². The number of carbonyl (C=O) groups excluding carboxylic acids is 1. The van der Waals surface area contributed by atoms with Crippen LogP contribution in [-0.2, 0) is 11.3 Å². The smallest absolute Gasteiger partial charge is 0.240 e. The lowest BCUT2D eigenvalue weighted by atomic mass is 10.1. The predicted octanol–water partition coefficient (Wildman–Crippen LogP) is 0.326. The first-order valence-corrected chi connectivity index (χ1v) is 6.43. The molecule has 0 aliphatic carbocycles. The van der Waals surface area contributed by atoms with Crippen molar-refractivity contribution in [2.75, 3.05) is 0 Å². The highest BCUT2D eigenvalue weighted by Gasteiger charge is 2.35. The number of aromatic nitrogens is 1. The number of hydrogen-bond donors (Lipinski definition) is 3. The molecule has 92 valence electrons. The van der Waals surface area contributed by atoms with Gasteiger partial charge in [-0.15, -0.1) is 0 Å². The van der Waals surface area contributed by atoms with E-state index in [0.29, 0.717) is 6.54 Å². The zero-order valence-corrected chi connectivity index (χ0v) is 11.1. The van der Waals surface area contributed by atoms with E-state index in [4.69, 9.17) is 0 Å². The fourth-order valence-electron chi connectivity index (χ4n) is 1.67. The summed E-state index contributed by atoms with van der Waals surface area (Å²) < 4.78 is 0. The molecule has 5 nitrogen and oxygen atoms in total. The zero-order chi connectivity index (χ0) is 12.3. The highest BCUT2D eigenvalue weighted by atomic mass is 79.9. The lowest BCUT2D eigenvalue weighted by molar-refractivity contribution is -0.122. The third-order valence-corrected chi connectivity index (χ3v) is 4.04. The minimum Gasteiger partial charge on any atom is -0.349 e. The van der Waals surface area contributed by atoms with Crippen LogP contribution in [0.5, 0.6) is 0 Å². The summed E-state index contributed by atoms with van der Waals surface area (Å²) in [4.78, 5) is 16.1. The summed E-state index contributed by atoms with van der Waals surface area (Å²) in [7, 11) is 0. The second-order valence-corrected chi connectivity index (χ2v) is 5.10. The molecule has 2 rings (SSSR count). The average Bonchev–Trinajstić information content (AvgIpc) is 2.69. The van der Waals surface area contributed by atoms with E-state index in [2.05, 4.69) is 37.1 Å². The molecule has 0 spiro atoms. The molecule has 3 N–H and O–H groups in total. The molecule has 0 aromatic carbocycles. The topological polar surface area (TPSA) is 66.0 Å². The number of amides is 1. The van der Waals surface area contributed by atoms with Gasteiger partial charge < -0.3 is 5.32 Å². The van der Waals surface area contributed by atoms with Gasteiger partial charge in [-0.05, 0) is 19.1 Å². The van der Waals surface area contributed by atoms with E-state index < -0.39 is 0 Å². The Labute approximate surface area is 108 Å². The maximum Gasteiger partial charge on any atom is 0.240 e. The Hall–Kier alpha value is -0.980. The molecule has 0 saturated carbocycles. The van der Waals surface area contributed by atoms with Crippen molar-refractivity contribution in [3.8, 4) is 0 Å². The molecular weight excluding hydrogens is 284 g/mol. The number of nitrogens with zero attached hydrogens (tertiary/aromatic N) is 1. The monoisotopic (exact) mass is 298 g/mol. The number of alkyl halides is 1. The first-order valence-electron chi connectivity index (χ1n) is 5.51. The van der Waals surface area contributed by atoms with E-state index >= 15 is 0 Å². The van der Waals surface area contributed by atoms with Crippen LogP contribution in [0.4, 0.5) is 0 Å². The van der Waals surface area contributed by atoms with Crippen LogP contribution in [0.25, 0.3) is 0 Å². The van der Waals surface area contributed by atoms with Crippen LogP contribution in [0.3, 0.4) is 0 Å². The van der Waals surface area contributed by atoms with E-state index in [-0.39, 0.29) is 22.8 Å². The van der Waals surface area contributed by atoms with E-state index in [1.807, 2.05) is 25.1 Å². The molecule has 2 heterocycles. The number of carbonyl (C=O) groups is 1. The number of nitrogens with one attached hydrogen (secondary N) is 3. The first-order chi connectivity index (χ1) is 8.18. The van der Waals surface area contributed by atoms with Gasteiger partial charge in [0.1, 0.15) is 6.04 Å². The van der Waals surface area contributed by atoms with Crippen LogP contribution in [0.15, 0.2) is 24.4 Å². The van der Waals surface area contributed by atoms with Crippen molar-refractivity contribution >= 4 is 21.8 Å². The number of rotatable bonds is 3. The van der Waals surface area contributed by atoms with Gasteiger partial charge in [-0.2, -0.15) is 0 Å². The summed E-state index contributed by atoms with van der Waals surface area (Å²) in [6.45, 7) is 2.46. The Bertz CT molecular complexity index is 386. The lowest BCUT2D eigenvalue weighted by Gasteiger charge is -2.14. The average molecular weight is 299 g/mol. The van der Waals surface area contributed by atoms with Gasteiger partial charge in [0.25, 0.3) is 0 Å². The predicted molar refractivity (Wildman–Crippen MR) is 68.3 cm³/mol. The van der Waals surface area contributed by atoms with E-state index in [9.17, 15) is 4.79 Å². The number of hydrogen-bond acceptors (Lipinski definition) is 4. The van der Waals surface area contributed by atoms with Crippen molar-refractivity contribution in [3.05, 3.63) is 30.1 Å². The van der Waals surface area contributed by atoms with Crippen molar-refractivity contribution in [3.63, 3.8) is 0 Å². The molecule has 0 radical (unpaired) electrons. The van der Waals surface area contributed by atoms with Gasteiger partial charge in [-0.3, -0.25) is 15.2 Å². The summed E-state index contributed by atoms with van der Waals surface area (Å²) in [5.41, 5.74) is 6.84. The van der Waals surface area contributed by atoms with E-state index in [1.165, 1.54) is 0 Å². The van der Waals surface area contributed by atoms with Crippen LogP contribution >= 0.6 is 15.9 Å². The molecule has 1 fully saturated rings. The molecule has 3 atom stereocenters. The van der Waals surface area contributed by atoms with E-state index in [0.717, 1.165) is 5.69 Å². The van der Waals surface area contributed by atoms with Crippen LogP contribution in [0, 0.1) is 0 Å². The highest BCUT2D eigenvalue weighted by Crippen LogP contribution is 2.15. The van der Waals surface area contributed by atoms with Crippen molar-refractivity contribution in [1.29, 1.82) is 0 Å². The van der Waals surface area contributed by atoms with Gasteiger partial charge in [-0.1, -0.05) is 22.0 Å². The van der Waals surface area contributed by atoms with E-state index in [1.54, 1.807) is 6.20 Å². The molecule has 1 aliphatic heterocycles.